The van der Waals surface area contributed by atoms with E-state index in [0.29, 0.717) is 0 Å². The Morgan fingerprint density at radius 3 is 2.38 bits per heavy atom. The Morgan fingerprint density at radius 1 is 1.05 bits per heavy atom. The lowest BCUT2D eigenvalue weighted by Crippen LogP contribution is -2.18. The molecule has 0 saturated heterocycles. The van der Waals surface area contributed by atoms with Crippen LogP contribution in [0, 0.1) is 6.92 Å². The van der Waals surface area contributed by atoms with Crippen molar-refractivity contribution in [1.82, 2.24) is 5.32 Å². The lowest BCUT2D eigenvalue weighted by Gasteiger charge is -2.21. The van der Waals surface area contributed by atoms with Gasteiger partial charge in [0.15, 0.2) is 0 Å². The maximum absolute atomic E-state index is 6.51. The van der Waals surface area contributed by atoms with Gasteiger partial charge in [-0.1, -0.05) is 61.8 Å². The summed E-state index contributed by atoms with van der Waals surface area (Å²) in [5.41, 5.74) is 6.41. The van der Waals surface area contributed by atoms with Crippen LogP contribution in [0.25, 0.3) is 0 Å². The van der Waals surface area contributed by atoms with Crippen LogP contribution in [-0.2, 0) is 12.8 Å². The van der Waals surface area contributed by atoms with E-state index >= 15 is 0 Å². The molecule has 2 aromatic rings. The van der Waals surface area contributed by atoms with Gasteiger partial charge in [0.25, 0.3) is 0 Å². The molecule has 0 saturated carbocycles. The molecule has 0 spiro atoms. The molecule has 112 valence electrons. The van der Waals surface area contributed by atoms with Gasteiger partial charge in [0.2, 0.25) is 0 Å². The van der Waals surface area contributed by atoms with Crippen LogP contribution in [0.1, 0.15) is 47.7 Å². The molecule has 0 radical (unpaired) electrons. The Bertz CT molecular complexity index is 619. The van der Waals surface area contributed by atoms with Gasteiger partial charge in [-0.2, -0.15) is 0 Å². The third-order valence-corrected chi connectivity index (χ3v) is 4.66. The van der Waals surface area contributed by atoms with E-state index in [-0.39, 0.29) is 6.04 Å². The summed E-state index contributed by atoms with van der Waals surface area (Å²) >= 11 is 6.51. The summed E-state index contributed by atoms with van der Waals surface area (Å²) in [7, 11) is 1.99. The number of hydrogen-bond donors (Lipinski definition) is 1. The van der Waals surface area contributed by atoms with Crippen molar-refractivity contribution in [2.24, 2.45) is 0 Å². The predicted molar refractivity (Wildman–Crippen MR) is 92.3 cm³/mol. The molecule has 2 heteroatoms. The first-order chi connectivity index (χ1) is 10.1. The molecule has 0 heterocycles. The van der Waals surface area contributed by atoms with Crippen LogP contribution in [0.15, 0.2) is 36.4 Å². The van der Waals surface area contributed by atoms with E-state index < -0.39 is 0 Å². The van der Waals surface area contributed by atoms with Crippen molar-refractivity contribution in [2.75, 3.05) is 7.05 Å². The minimum absolute atomic E-state index is 0.133. The second kappa shape index (κ2) is 7.11. The molecule has 2 rings (SSSR count). The molecule has 0 aliphatic carbocycles. The van der Waals surface area contributed by atoms with Crippen molar-refractivity contribution in [1.29, 1.82) is 0 Å². The maximum Gasteiger partial charge on any atom is 0.0589 e. The van der Waals surface area contributed by atoms with Crippen LogP contribution in [-0.4, -0.2) is 7.05 Å². The molecule has 0 bridgehead atoms. The third-order valence-electron chi connectivity index (χ3n) is 4.15. The fourth-order valence-corrected chi connectivity index (χ4v) is 3.13. The molecule has 0 aliphatic rings. The zero-order chi connectivity index (χ0) is 15.4. The fourth-order valence-electron chi connectivity index (χ4n) is 2.89. The fraction of sp³-hybridized carbons (Fsp3) is 0.368. The van der Waals surface area contributed by atoms with Gasteiger partial charge in [-0.25, -0.2) is 0 Å². The van der Waals surface area contributed by atoms with Crippen molar-refractivity contribution in [2.45, 2.75) is 39.7 Å². The number of aryl methyl sites for hydroxylation is 3. The molecule has 0 amide bonds. The molecule has 1 N–H and O–H groups in total. The van der Waals surface area contributed by atoms with Gasteiger partial charge in [-0.15, -0.1) is 0 Å². The van der Waals surface area contributed by atoms with Crippen molar-refractivity contribution in [3.8, 4) is 0 Å². The lowest BCUT2D eigenvalue weighted by molar-refractivity contribution is 0.689. The Morgan fingerprint density at radius 2 is 1.76 bits per heavy atom. The lowest BCUT2D eigenvalue weighted by atomic mass is 9.92. The molecular formula is C19H24ClN. The van der Waals surface area contributed by atoms with Gasteiger partial charge in [0.05, 0.1) is 6.04 Å². The van der Waals surface area contributed by atoms with Crippen molar-refractivity contribution >= 4 is 11.6 Å². The van der Waals surface area contributed by atoms with Gasteiger partial charge < -0.3 is 5.32 Å². The van der Waals surface area contributed by atoms with E-state index in [4.69, 9.17) is 11.6 Å². The first-order valence-electron chi connectivity index (χ1n) is 7.66. The van der Waals surface area contributed by atoms with Crippen LogP contribution in [0.4, 0.5) is 0 Å². The highest BCUT2D eigenvalue weighted by Crippen LogP contribution is 2.31. The smallest absolute Gasteiger partial charge is 0.0589 e. The summed E-state index contributed by atoms with van der Waals surface area (Å²) in [4.78, 5) is 0. The molecule has 1 nitrogen and oxygen atoms in total. The Kier molecular flexibility index (Phi) is 5.44. The van der Waals surface area contributed by atoms with Gasteiger partial charge in [0.1, 0.15) is 0 Å². The first-order valence-corrected chi connectivity index (χ1v) is 8.04. The number of nitrogens with one attached hydrogen (secondary N) is 1. The summed E-state index contributed by atoms with van der Waals surface area (Å²) in [5.74, 6) is 0. The SMILES string of the molecule is CCc1ccc(C(NC)c2cccc(C)c2Cl)cc1CC. The second-order valence-electron chi connectivity index (χ2n) is 5.44. The Labute approximate surface area is 133 Å². The average Bonchev–Trinajstić information content (AvgIpc) is 2.51. The highest BCUT2D eigenvalue weighted by atomic mass is 35.5. The second-order valence-corrected chi connectivity index (χ2v) is 5.81. The molecule has 2 aromatic carbocycles. The Hall–Kier alpha value is -1.31. The van der Waals surface area contributed by atoms with Crippen LogP contribution in [0.2, 0.25) is 5.02 Å². The summed E-state index contributed by atoms with van der Waals surface area (Å²) in [5, 5.41) is 4.26. The highest BCUT2D eigenvalue weighted by Gasteiger charge is 2.17. The number of rotatable bonds is 5. The van der Waals surface area contributed by atoms with Crippen LogP contribution < -0.4 is 5.32 Å². The molecule has 0 fully saturated rings. The van der Waals surface area contributed by atoms with Crippen LogP contribution in [0.3, 0.4) is 0 Å². The Balaban J connectivity index is 2.49. The van der Waals surface area contributed by atoms with Crippen LogP contribution >= 0.6 is 11.6 Å². The topological polar surface area (TPSA) is 12.0 Å². The van der Waals surface area contributed by atoms with Crippen molar-refractivity contribution in [3.63, 3.8) is 0 Å². The number of halogens is 1. The average molecular weight is 302 g/mol. The summed E-state index contributed by atoms with van der Waals surface area (Å²) in [6.07, 6.45) is 2.15. The monoisotopic (exact) mass is 301 g/mol. The van der Waals surface area contributed by atoms with E-state index in [2.05, 4.69) is 62.5 Å². The summed E-state index contributed by atoms with van der Waals surface area (Å²) in [6.45, 7) is 6.48. The van der Waals surface area contributed by atoms with Gasteiger partial charge >= 0.3 is 0 Å². The number of hydrogen-bond acceptors (Lipinski definition) is 1. The first kappa shape index (κ1) is 16.1. The van der Waals surface area contributed by atoms with Crippen molar-refractivity contribution in [3.05, 3.63) is 69.2 Å². The quantitative estimate of drug-likeness (QED) is 0.812. The zero-order valence-corrected chi connectivity index (χ0v) is 14.1. The van der Waals surface area contributed by atoms with E-state index in [1.54, 1.807) is 0 Å². The normalized spacial score (nSPS) is 12.4. The highest BCUT2D eigenvalue weighted by molar-refractivity contribution is 6.32. The van der Waals surface area contributed by atoms with E-state index in [1.165, 1.54) is 16.7 Å². The van der Waals surface area contributed by atoms with Crippen molar-refractivity contribution < 1.29 is 0 Å². The largest absolute Gasteiger partial charge is 0.309 e. The minimum atomic E-state index is 0.133. The summed E-state index contributed by atoms with van der Waals surface area (Å²) in [6, 6.07) is 13.2. The molecule has 0 aliphatic heterocycles. The molecule has 0 aromatic heterocycles. The summed E-state index contributed by atoms with van der Waals surface area (Å²) < 4.78 is 0. The third kappa shape index (κ3) is 3.30. The molecule has 1 atom stereocenters. The molecular weight excluding hydrogens is 278 g/mol. The van der Waals surface area contributed by atoms with E-state index in [1.807, 2.05) is 7.05 Å². The zero-order valence-electron chi connectivity index (χ0n) is 13.3. The van der Waals surface area contributed by atoms with Crippen LogP contribution in [0.5, 0.6) is 0 Å². The van der Waals surface area contributed by atoms with Gasteiger partial charge in [-0.3, -0.25) is 0 Å². The maximum atomic E-state index is 6.51. The molecule has 21 heavy (non-hydrogen) atoms. The number of benzene rings is 2. The van der Waals surface area contributed by atoms with Gasteiger partial charge in [0, 0.05) is 5.02 Å². The standard InChI is InChI=1S/C19H24ClN/c1-5-14-10-11-16(12-15(14)6-2)19(21-4)17-9-7-8-13(3)18(17)20/h7-12,19,21H,5-6H2,1-4H3. The van der Waals surface area contributed by atoms with E-state index in [0.717, 1.165) is 29.0 Å². The van der Waals surface area contributed by atoms with E-state index in [9.17, 15) is 0 Å². The van der Waals surface area contributed by atoms with Gasteiger partial charge in [-0.05, 0) is 54.6 Å². The minimum Gasteiger partial charge on any atom is -0.309 e. The molecule has 1 unspecified atom stereocenters. The predicted octanol–water partition coefficient (Wildman–Crippen LogP) is 5.08.